The molecule has 0 unspecified atom stereocenters. The summed E-state index contributed by atoms with van der Waals surface area (Å²) < 4.78 is 4.97. The summed E-state index contributed by atoms with van der Waals surface area (Å²) in [6.07, 6.45) is 6.90. The van der Waals surface area contributed by atoms with Gasteiger partial charge in [0.25, 0.3) is 0 Å². The van der Waals surface area contributed by atoms with Gasteiger partial charge in [-0.05, 0) is 26.7 Å². The Kier molecular flexibility index (Phi) is 5.19. The molecule has 1 aliphatic carbocycles. The van der Waals surface area contributed by atoms with Gasteiger partial charge in [0.1, 0.15) is 5.82 Å². The van der Waals surface area contributed by atoms with Crippen LogP contribution in [0.25, 0.3) is 0 Å². The minimum Gasteiger partial charge on any atom is -0.462 e. The molecular weight excluding hydrogens is 260 g/mol. The zero-order valence-electron chi connectivity index (χ0n) is 11.5. The lowest BCUT2D eigenvalue weighted by molar-refractivity contribution is 0.0524. The van der Waals surface area contributed by atoms with Gasteiger partial charge in [0.15, 0.2) is 0 Å². The standard InChI is InChI=1S/C14H20N2O2S/c1-3-18-14(17)12-8-15-13(16-10(12)2)9-19-11-6-4-5-7-11/h8,11H,3-7,9H2,1-2H3. The summed E-state index contributed by atoms with van der Waals surface area (Å²) in [5.41, 5.74) is 1.17. The normalized spacial score (nSPS) is 15.7. The molecule has 0 atom stereocenters. The highest BCUT2D eigenvalue weighted by atomic mass is 32.2. The van der Waals surface area contributed by atoms with Crippen molar-refractivity contribution in [3.05, 3.63) is 23.3 Å². The fourth-order valence-electron chi connectivity index (χ4n) is 2.24. The van der Waals surface area contributed by atoms with E-state index in [0.717, 1.165) is 16.8 Å². The monoisotopic (exact) mass is 280 g/mol. The van der Waals surface area contributed by atoms with Crippen molar-refractivity contribution in [2.45, 2.75) is 50.5 Å². The van der Waals surface area contributed by atoms with Crippen molar-refractivity contribution in [3.8, 4) is 0 Å². The lowest BCUT2D eigenvalue weighted by Gasteiger charge is -2.09. The van der Waals surface area contributed by atoms with Gasteiger partial charge in [0.05, 0.1) is 23.6 Å². The predicted octanol–water partition coefficient (Wildman–Crippen LogP) is 3.14. The van der Waals surface area contributed by atoms with Crippen LogP contribution in [0.1, 0.15) is 54.5 Å². The molecule has 0 aromatic carbocycles. The van der Waals surface area contributed by atoms with Gasteiger partial charge in [-0.1, -0.05) is 12.8 Å². The largest absolute Gasteiger partial charge is 0.462 e. The smallest absolute Gasteiger partial charge is 0.341 e. The Balaban J connectivity index is 1.95. The quantitative estimate of drug-likeness (QED) is 0.776. The van der Waals surface area contributed by atoms with Crippen molar-refractivity contribution in [1.82, 2.24) is 9.97 Å². The highest BCUT2D eigenvalue weighted by Crippen LogP contribution is 2.30. The molecule has 1 aliphatic rings. The number of esters is 1. The number of nitrogens with zero attached hydrogens (tertiary/aromatic N) is 2. The van der Waals surface area contributed by atoms with Crippen LogP contribution in [0, 0.1) is 6.92 Å². The predicted molar refractivity (Wildman–Crippen MR) is 76.3 cm³/mol. The van der Waals surface area contributed by atoms with Crippen molar-refractivity contribution in [1.29, 1.82) is 0 Å². The number of hydrogen-bond donors (Lipinski definition) is 0. The SMILES string of the molecule is CCOC(=O)c1cnc(CSC2CCCC2)nc1C. The average molecular weight is 280 g/mol. The number of aryl methyl sites for hydroxylation is 1. The number of carbonyl (C=O) groups is 1. The number of hydrogen-bond acceptors (Lipinski definition) is 5. The van der Waals surface area contributed by atoms with Gasteiger partial charge in [-0.3, -0.25) is 0 Å². The number of thioether (sulfide) groups is 1. The average Bonchev–Trinajstić information content (AvgIpc) is 2.89. The number of rotatable bonds is 5. The van der Waals surface area contributed by atoms with E-state index < -0.39 is 0 Å². The molecule has 2 rings (SSSR count). The van der Waals surface area contributed by atoms with E-state index in [9.17, 15) is 4.79 Å². The van der Waals surface area contributed by atoms with E-state index in [0.29, 0.717) is 17.9 Å². The van der Waals surface area contributed by atoms with Crippen LogP contribution in [-0.2, 0) is 10.5 Å². The zero-order chi connectivity index (χ0) is 13.7. The van der Waals surface area contributed by atoms with E-state index >= 15 is 0 Å². The maximum Gasteiger partial charge on any atom is 0.341 e. The first-order valence-corrected chi connectivity index (χ1v) is 7.86. The van der Waals surface area contributed by atoms with Crippen LogP contribution in [0.2, 0.25) is 0 Å². The molecule has 0 bridgehead atoms. The lowest BCUT2D eigenvalue weighted by atomic mass is 10.2. The molecule has 1 heterocycles. The van der Waals surface area contributed by atoms with Gasteiger partial charge in [-0.15, -0.1) is 0 Å². The maximum atomic E-state index is 11.6. The Morgan fingerprint density at radius 1 is 1.47 bits per heavy atom. The van der Waals surface area contributed by atoms with E-state index in [1.54, 1.807) is 13.1 Å². The minimum atomic E-state index is -0.338. The molecule has 1 aromatic heterocycles. The van der Waals surface area contributed by atoms with Crippen molar-refractivity contribution in [2.24, 2.45) is 0 Å². The third kappa shape index (κ3) is 3.93. The summed E-state index contributed by atoms with van der Waals surface area (Å²) in [6.45, 7) is 4.00. The first-order valence-electron chi connectivity index (χ1n) is 6.82. The Bertz CT molecular complexity index is 445. The van der Waals surface area contributed by atoms with E-state index in [2.05, 4.69) is 9.97 Å². The van der Waals surface area contributed by atoms with E-state index in [1.165, 1.54) is 25.7 Å². The number of carbonyl (C=O) groups excluding carboxylic acids is 1. The van der Waals surface area contributed by atoms with Crippen molar-refractivity contribution in [3.63, 3.8) is 0 Å². The van der Waals surface area contributed by atoms with Gasteiger partial charge >= 0.3 is 5.97 Å². The molecule has 4 nitrogen and oxygen atoms in total. The molecule has 5 heteroatoms. The number of ether oxygens (including phenoxy) is 1. The van der Waals surface area contributed by atoms with Crippen LogP contribution in [0.15, 0.2) is 6.20 Å². The van der Waals surface area contributed by atoms with Crippen LogP contribution in [-0.4, -0.2) is 27.8 Å². The highest BCUT2D eigenvalue weighted by Gasteiger charge is 2.17. The molecule has 0 amide bonds. The van der Waals surface area contributed by atoms with Gasteiger partial charge < -0.3 is 4.74 Å². The molecule has 1 saturated carbocycles. The van der Waals surface area contributed by atoms with Crippen molar-refractivity contribution >= 4 is 17.7 Å². The summed E-state index contributed by atoms with van der Waals surface area (Å²) in [4.78, 5) is 20.3. The second kappa shape index (κ2) is 6.89. The zero-order valence-corrected chi connectivity index (χ0v) is 12.3. The second-order valence-electron chi connectivity index (χ2n) is 4.72. The van der Waals surface area contributed by atoms with E-state index in [-0.39, 0.29) is 5.97 Å². The molecule has 0 aliphatic heterocycles. The summed E-state index contributed by atoms with van der Waals surface area (Å²) >= 11 is 1.93. The van der Waals surface area contributed by atoms with E-state index in [1.807, 2.05) is 18.7 Å². The molecule has 104 valence electrons. The molecule has 0 radical (unpaired) electrons. The lowest BCUT2D eigenvalue weighted by Crippen LogP contribution is -2.10. The highest BCUT2D eigenvalue weighted by molar-refractivity contribution is 7.99. The second-order valence-corrected chi connectivity index (χ2v) is 6.01. The van der Waals surface area contributed by atoms with Gasteiger partial charge in [-0.25, -0.2) is 14.8 Å². The first-order chi connectivity index (χ1) is 9.20. The minimum absolute atomic E-state index is 0.338. The fourth-order valence-corrected chi connectivity index (χ4v) is 3.43. The molecule has 1 fully saturated rings. The van der Waals surface area contributed by atoms with Crippen LogP contribution in [0.3, 0.4) is 0 Å². The summed E-state index contributed by atoms with van der Waals surface area (Å²) in [5, 5.41) is 0.758. The molecule has 0 saturated heterocycles. The van der Waals surface area contributed by atoms with Crippen molar-refractivity contribution < 1.29 is 9.53 Å². The third-order valence-corrected chi connectivity index (χ3v) is 4.64. The topological polar surface area (TPSA) is 52.1 Å². The van der Waals surface area contributed by atoms with Crippen molar-refractivity contribution in [2.75, 3.05) is 6.61 Å². The maximum absolute atomic E-state index is 11.6. The molecule has 19 heavy (non-hydrogen) atoms. The van der Waals surface area contributed by atoms with Gasteiger partial charge in [-0.2, -0.15) is 11.8 Å². The molecule has 0 spiro atoms. The molecular formula is C14H20N2O2S. The van der Waals surface area contributed by atoms with E-state index in [4.69, 9.17) is 4.74 Å². The van der Waals surface area contributed by atoms with Crippen LogP contribution < -0.4 is 0 Å². The fraction of sp³-hybridized carbons (Fsp3) is 0.643. The van der Waals surface area contributed by atoms with Crippen LogP contribution in [0.4, 0.5) is 0 Å². The first kappa shape index (κ1) is 14.3. The summed E-state index contributed by atoms with van der Waals surface area (Å²) in [5.74, 6) is 1.30. The Morgan fingerprint density at radius 2 is 2.21 bits per heavy atom. The summed E-state index contributed by atoms with van der Waals surface area (Å²) in [7, 11) is 0. The van der Waals surface area contributed by atoms with Crippen LogP contribution in [0.5, 0.6) is 0 Å². The Hall–Kier alpha value is -1.10. The summed E-state index contributed by atoms with van der Waals surface area (Å²) in [6, 6.07) is 0. The number of aromatic nitrogens is 2. The van der Waals surface area contributed by atoms with Gasteiger partial charge in [0, 0.05) is 11.4 Å². The van der Waals surface area contributed by atoms with Crippen LogP contribution >= 0.6 is 11.8 Å². The van der Waals surface area contributed by atoms with Gasteiger partial charge in [0.2, 0.25) is 0 Å². The Morgan fingerprint density at radius 3 is 2.84 bits per heavy atom. The molecule has 1 aromatic rings. The Labute approximate surface area is 118 Å². The third-order valence-electron chi connectivity index (χ3n) is 3.27. The molecule has 0 N–H and O–H groups in total.